The zero-order chi connectivity index (χ0) is 32.4. The Morgan fingerprint density at radius 1 is 0.818 bits per heavy atom. The highest BCUT2D eigenvalue weighted by Crippen LogP contribution is 2.45. The van der Waals surface area contributed by atoms with Crippen LogP contribution in [-0.2, 0) is 34.4 Å². The van der Waals surface area contributed by atoms with Gasteiger partial charge in [-0.2, -0.15) is 16.8 Å². The molecule has 0 aliphatic rings. The van der Waals surface area contributed by atoms with E-state index < -0.39 is 58.8 Å². The molecule has 4 rings (SSSR count). The Balaban J connectivity index is 1.96. The SMILES string of the molecule is CC(=O)Nc1cc(S(=O)(=O)O)cc(N=Nc2c(Nc3cc(SOOO)ccc3O)ccc3cc(S(=O)(=O)O)cc(O)c23)c1O. The number of amides is 1. The molecule has 0 atom stereocenters. The van der Waals surface area contributed by atoms with Crippen molar-refractivity contribution in [2.75, 3.05) is 10.6 Å². The van der Waals surface area contributed by atoms with Gasteiger partial charge in [0.05, 0.1) is 44.3 Å². The van der Waals surface area contributed by atoms with E-state index in [0.29, 0.717) is 16.9 Å². The minimum atomic E-state index is -4.87. The van der Waals surface area contributed by atoms with Crippen molar-refractivity contribution >= 4 is 77.4 Å². The van der Waals surface area contributed by atoms with Crippen molar-refractivity contribution in [2.24, 2.45) is 10.2 Å². The van der Waals surface area contributed by atoms with E-state index in [2.05, 4.69) is 30.2 Å². The summed E-state index contributed by atoms with van der Waals surface area (Å²) in [4.78, 5) is 10.5. The van der Waals surface area contributed by atoms with E-state index in [1.54, 1.807) is 0 Å². The van der Waals surface area contributed by atoms with E-state index in [0.717, 1.165) is 31.2 Å². The maximum absolute atomic E-state index is 11.8. The Kier molecular flexibility index (Phi) is 9.27. The predicted octanol–water partition coefficient (Wildman–Crippen LogP) is 5.00. The highest BCUT2D eigenvalue weighted by Gasteiger charge is 2.21. The average molecular weight is 669 g/mol. The molecular formula is C24H20N4O13S3. The molecule has 232 valence electrons. The first kappa shape index (κ1) is 32.4. The highest BCUT2D eigenvalue weighted by atomic mass is 32.2. The fourth-order valence-electron chi connectivity index (χ4n) is 3.83. The van der Waals surface area contributed by atoms with Gasteiger partial charge in [0.1, 0.15) is 22.9 Å². The van der Waals surface area contributed by atoms with Crippen LogP contribution in [0.4, 0.5) is 28.4 Å². The normalized spacial score (nSPS) is 12.1. The van der Waals surface area contributed by atoms with E-state index in [-0.39, 0.29) is 33.6 Å². The number of rotatable bonds is 10. The van der Waals surface area contributed by atoms with E-state index in [9.17, 15) is 46.1 Å². The predicted molar refractivity (Wildman–Crippen MR) is 154 cm³/mol. The van der Waals surface area contributed by atoms with Gasteiger partial charge in [0.25, 0.3) is 20.2 Å². The molecule has 17 nitrogen and oxygen atoms in total. The van der Waals surface area contributed by atoms with Gasteiger partial charge in [0, 0.05) is 17.9 Å². The van der Waals surface area contributed by atoms with Crippen molar-refractivity contribution in [3.05, 3.63) is 54.6 Å². The third-order valence-electron chi connectivity index (χ3n) is 5.67. The Hall–Kier alpha value is -4.54. The van der Waals surface area contributed by atoms with Gasteiger partial charge in [-0.1, -0.05) is 11.1 Å². The fraction of sp³-hybridized carbons (Fsp3) is 0.0417. The van der Waals surface area contributed by atoms with Gasteiger partial charge in [-0.15, -0.1) is 14.6 Å². The lowest BCUT2D eigenvalue weighted by Gasteiger charge is -2.15. The quantitative estimate of drug-likeness (QED) is 0.0276. The van der Waals surface area contributed by atoms with Gasteiger partial charge < -0.3 is 26.0 Å². The highest BCUT2D eigenvalue weighted by molar-refractivity contribution is 7.94. The second-order valence-corrected chi connectivity index (χ2v) is 12.3. The van der Waals surface area contributed by atoms with Crippen LogP contribution in [0.2, 0.25) is 0 Å². The van der Waals surface area contributed by atoms with Crippen LogP contribution in [0.15, 0.2) is 79.5 Å². The molecule has 4 aromatic carbocycles. The molecule has 20 heteroatoms. The van der Waals surface area contributed by atoms with E-state index in [1.165, 1.54) is 30.3 Å². The van der Waals surface area contributed by atoms with Crippen LogP contribution in [0.5, 0.6) is 17.2 Å². The Labute approximate surface area is 252 Å². The molecular weight excluding hydrogens is 648 g/mol. The molecule has 0 aliphatic carbocycles. The first-order valence-corrected chi connectivity index (χ1v) is 15.3. The van der Waals surface area contributed by atoms with Crippen LogP contribution in [0.25, 0.3) is 10.8 Å². The topological polar surface area (TPSA) is 274 Å². The number of fused-ring (bicyclic) bond motifs is 1. The molecule has 0 saturated heterocycles. The zero-order valence-corrected chi connectivity index (χ0v) is 24.3. The second-order valence-electron chi connectivity index (χ2n) is 8.70. The number of phenolic OH excluding ortho intramolecular Hbond substituents is 3. The van der Waals surface area contributed by atoms with Crippen molar-refractivity contribution in [1.82, 2.24) is 0 Å². The minimum Gasteiger partial charge on any atom is -0.507 e. The molecule has 8 N–H and O–H groups in total. The standard InChI is InChI=1S/C24H20N4O13S3/c1-11(29)25-18-8-15(44(37,38)39)9-19(24(18)32)27-28-23-16(26-17-7-13(42-41-40-33)3-5-20(17)30)4-2-12-6-14(43(34,35)36)10-21(31)22(12)23/h2-10,26,30-33H,1H3,(H,25,29)(H,34,35,36)(H,37,38,39). The van der Waals surface area contributed by atoms with E-state index in [1.807, 2.05) is 0 Å². The molecule has 0 spiro atoms. The zero-order valence-electron chi connectivity index (χ0n) is 21.9. The summed E-state index contributed by atoms with van der Waals surface area (Å²) in [6.45, 7) is 1.07. The summed E-state index contributed by atoms with van der Waals surface area (Å²) in [7, 11) is -9.62. The molecule has 0 aromatic heterocycles. The Morgan fingerprint density at radius 3 is 2.14 bits per heavy atom. The van der Waals surface area contributed by atoms with Gasteiger partial charge in [-0.25, -0.2) is 5.26 Å². The van der Waals surface area contributed by atoms with Gasteiger partial charge in [0.15, 0.2) is 5.75 Å². The number of hydrogen-bond acceptors (Lipinski definition) is 15. The smallest absolute Gasteiger partial charge is 0.294 e. The van der Waals surface area contributed by atoms with Gasteiger partial charge in [0.2, 0.25) is 5.91 Å². The number of carbonyl (C=O) groups is 1. The number of azo groups is 1. The molecule has 0 unspecified atom stereocenters. The molecule has 0 saturated carbocycles. The van der Waals surface area contributed by atoms with Crippen LogP contribution < -0.4 is 10.6 Å². The van der Waals surface area contributed by atoms with Crippen molar-refractivity contribution < 1.29 is 60.7 Å². The van der Waals surface area contributed by atoms with Crippen molar-refractivity contribution in [3.8, 4) is 17.2 Å². The monoisotopic (exact) mass is 668 g/mol. The van der Waals surface area contributed by atoms with E-state index >= 15 is 0 Å². The molecule has 0 fully saturated rings. The fourth-order valence-corrected chi connectivity index (χ4v) is 5.29. The first-order chi connectivity index (χ1) is 20.6. The van der Waals surface area contributed by atoms with Gasteiger partial charge in [-0.3, -0.25) is 13.9 Å². The van der Waals surface area contributed by atoms with Gasteiger partial charge >= 0.3 is 0 Å². The second kappa shape index (κ2) is 12.6. The van der Waals surface area contributed by atoms with Crippen LogP contribution in [0.1, 0.15) is 6.92 Å². The van der Waals surface area contributed by atoms with Crippen molar-refractivity contribution in [2.45, 2.75) is 21.6 Å². The molecule has 0 aliphatic heterocycles. The Bertz CT molecular complexity index is 2040. The molecule has 44 heavy (non-hydrogen) atoms. The lowest BCUT2D eigenvalue weighted by Crippen LogP contribution is -2.07. The molecule has 1 amide bonds. The summed E-state index contributed by atoms with van der Waals surface area (Å²) in [6, 6.07) is 9.93. The maximum atomic E-state index is 11.8. The summed E-state index contributed by atoms with van der Waals surface area (Å²) in [5.74, 6) is -2.46. The Morgan fingerprint density at radius 2 is 1.50 bits per heavy atom. The number of carbonyl (C=O) groups excluding carboxylic acids is 1. The lowest BCUT2D eigenvalue weighted by molar-refractivity contribution is -0.432. The summed E-state index contributed by atoms with van der Waals surface area (Å²) in [5.41, 5.74) is -1.24. The third kappa shape index (κ3) is 7.32. The number of phenols is 3. The molecule has 0 bridgehead atoms. The minimum absolute atomic E-state index is 0.000408. The van der Waals surface area contributed by atoms with Crippen LogP contribution in [0.3, 0.4) is 0 Å². The van der Waals surface area contributed by atoms with Crippen molar-refractivity contribution in [3.63, 3.8) is 0 Å². The number of aromatic hydroxyl groups is 3. The van der Waals surface area contributed by atoms with Crippen molar-refractivity contribution in [1.29, 1.82) is 0 Å². The van der Waals surface area contributed by atoms with Gasteiger partial charge in [-0.05, 0) is 47.9 Å². The number of nitrogens with one attached hydrogen (secondary N) is 2. The number of hydrogen-bond donors (Lipinski definition) is 8. The lowest BCUT2D eigenvalue weighted by atomic mass is 10.1. The summed E-state index contributed by atoms with van der Waals surface area (Å²) in [6.07, 6.45) is 0. The summed E-state index contributed by atoms with van der Waals surface area (Å²) in [5, 5.41) is 56.7. The van der Waals surface area contributed by atoms with Crippen LogP contribution in [-0.4, -0.2) is 52.4 Å². The largest absolute Gasteiger partial charge is 0.507 e. The molecule has 4 aromatic rings. The summed E-state index contributed by atoms with van der Waals surface area (Å²) < 4.78 is 70.6. The van der Waals surface area contributed by atoms with Crippen LogP contribution in [0, 0.1) is 0 Å². The number of nitrogens with zero attached hydrogens (tertiary/aromatic N) is 2. The summed E-state index contributed by atoms with van der Waals surface area (Å²) >= 11 is 0.572. The first-order valence-electron chi connectivity index (χ1n) is 11.6. The third-order valence-corrected chi connectivity index (χ3v) is 7.91. The average Bonchev–Trinajstić information content (AvgIpc) is 2.92. The number of benzene rings is 4. The molecule has 0 heterocycles. The number of anilines is 3. The maximum Gasteiger partial charge on any atom is 0.294 e. The van der Waals surface area contributed by atoms with E-state index in [4.69, 9.17) is 5.26 Å². The van der Waals surface area contributed by atoms with Crippen LogP contribution >= 0.6 is 12.0 Å². The molecule has 0 radical (unpaired) electrons.